The Morgan fingerprint density at radius 1 is 1.04 bits per heavy atom. The number of nitrogens with one attached hydrogen (secondary N) is 1. The van der Waals surface area contributed by atoms with Gasteiger partial charge >= 0.3 is 0 Å². The van der Waals surface area contributed by atoms with E-state index in [0.29, 0.717) is 5.69 Å². The highest BCUT2D eigenvalue weighted by atomic mass is 16.2. The Morgan fingerprint density at radius 3 is 2.48 bits per heavy atom. The molecule has 0 radical (unpaired) electrons. The lowest BCUT2D eigenvalue weighted by molar-refractivity contribution is 0.0934. The SMILES string of the molecule is Cc1ccc(C)c(C(C)NC(=O)c2cc(C)n(-c3ccccc3)n2)c1. The van der Waals surface area contributed by atoms with Gasteiger partial charge in [0.15, 0.2) is 5.69 Å². The summed E-state index contributed by atoms with van der Waals surface area (Å²) in [5, 5.41) is 7.53. The largest absolute Gasteiger partial charge is 0.344 e. The average Bonchev–Trinajstić information content (AvgIpc) is 2.99. The van der Waals surface area contributed by atoms with Crippen molar-refractivity contribution < 1.29 is 4.79 Å². The molecular formula is C21H23N3O. The highest BCUT2D eigenvalue weighted by Crippen LogP contribution is 2.19. The lowest BCUT2D eigenvalue weighted by Crippen LogP contribution is -2.27. The summed E-state index contributed by atoms with van der Waals surface area (Å²) >= 11 is 0. The summed E-state index contributed by atoms with van der Waals surface area (Å²) in [5.41, 5.74) is 5.79. The van der Waals surface area contributed by atoms with Crippen LogP contribution >= 0.6 is 0 Å². The molecule has 25 heavy (non-hydrogen) atoms. The quantitative estimate of drug-likeness (QED) is 0.774. The number of nitrogens with zero attached hydrogens (tertiary/aromatic N) is 2. The summed E-state index contributed by atoms with van der Waals surface area (Å²) in [7, 11) is 0. The molecule has 0 aliphatic rings. The maximum Gasteiger partial charge on any atom is 0.272 e. The second kappa shape index (κ2) is 6.93. The van der Waals surface area contributed by atoms with Gasteiger partial charge in [-0.25, -0.2) is 4.68 Å². The number of benzene rings is 2. The van der Waals surface area contributed by atoms with Crippen LogP contribution in [0.15, 0.2) is 54.6 Å². The first kappa shape index (κ1) is 17.0. The van der Waals surface area contributed by atoms with E-state index >= 15 is 0 Å². The summed E-state index contributed by atoms with van der Waals surface area (Å²) in [4.78, 5) is 12.6. The molecule has 1 unspecified atom stereocenters. The van der Waals surface area contributed by atoms with E-state index in [2.05, 4.69) is 42.5 Å². The molecule has 128 valence electrons. The van der Waals surface area contributed by atoms with Crippen LogP contribution in [0.25, 0.3) is 5.69 Å². The first-order valence-corrected chi connectivity index (χ1v) is 8.46. The number of aryl methyl sites for hydroxylation is 3. The fourth-order valence-corrected chi connectivity index (χ4v) is 2.99. The van der Waals surface area contributed by atoms with Crippen molar-refractivity contribution in [3.05, 3.63) is 82.7 Å². The van der Waals surface area contributed by atoms with Crippen LogP contribution in [0.2, 0.25) is 0 Å². The Kier molecular flexibility index (Phi) is 4.70. The van der Waals surface area contributed by atoms with Crippen molar-refractivity contribution in [1.29, 1.82) is 0 Å². The van der Waals surface area contributed by atoms with Crippen molar-refractivity contribution in [2.75, 3.05) is 0 Å². The third-order valence-corrected chi connectivity index (χ3v) is 4.37. The molecule has 0 saturated heterocycles. The number of hydrogen-bond acceptors (Lipinski definition) is 2. The lowest BCUT2D eigenvalue weighted by Gasteiger charge is -2.16. The zero-order valence-corrected chi connectivity index (χ0v) is 15.1. The minimum Gasteiger partial charge on any atom is -0.344 e. The topological polar surface area (TPSA) is 46.9 Å². The standard InChI is InChI=1S/C21H23N3O/c1-14-10-11-15(2)19(12-14)17(4)22-21(25)20-13-16(3)24(23-20)18-8-6-5-7-9-18/h5-13,17H,1-4H3,(H,22,25). The second-order valence-corrected chi connectivity index (χ2v) is 6.47. The normalized spacial score (nSPS) is 12.0. The summed E-state index contributed by atoms with van der Waals surface area (Å²) in [6.45, 7) is 8.07. The number of rotatable bonds is 4. The van der Waals surface area contributed by atoms with E-state index in [9.17, 15) is 4.79 Å². The van der Waals surface area contributed by atoms with Crippen LogP contribution < -0.4 is 5.32 Å². The highest BCUT2D eigenvalue weighted by molar-refractivity contribution is 5.92. The number of aromatic nitrogens is 2. The van der Waals surface area contributed by atoms with Crippen molar-refractivity contribution in [3.63, 3.8) is 0 Å². The monoisotopic (exact) mass is 333 g/mol. The van der Waals surface area contributed by atoms with Crippen molar-refractivity contribution in [1.82, 2.24) is 15.1 Å². The maximum atomic E-state index is 12.6. The molecule has 4 nitrogen and oxygen atoms in total. The minimum absolute atomic E-state index is 0.0745. The van der Waals surface area contributed by atoms with Gasteiger partial charge in [0, 0.05) is 5.69 Å². The lowest BCUT2D eigenvalue weighted by atomic mass is 10.00. The number of carbonyl (C=O) groups is 1. The van der Waals surface area contributed by atoms with Crippen molar-refractivity contribution in [2.24, 2.45) is 0 Å². The van der Waals surface area contributed by atoms with Gasteiger partial charge in [-0.15, -0.1) is 0 Å². The number of hydrogen-bond donors (Lipinski definition) is 1. The van der Waals surface area contributed by atoms with Gasteiger partial charge in [-0.3, -0.25) is 4.79 Å². The third kappa shape index (κ3) is 3.63. The average molecular weight is 333 g/mol. The molecule has 0 spiro atoms. The number of amides is 1. The van der Waals surface area contributed by atoms with E-state index in [0.717, 1.165) is 16.9 Å². The summed E-state index contributed by atoms with van der Waals surface area (Å²) < 4.78 is 1.79. The molecule has 2 aromatic carbocycles. The fourth-order valence-electron chi connectivity index (χ4n) is 2.99. The zero-order chi connectivity index (χ0) is 18.0. The van der Waals surface area contributed by atoms with E-state index in [1.807, 2.05) is 50.2 Å². The van der Waals surface area contributed by atoms with Gasteiger partial charge in [-0.1, -0.05) is 42.0 Å². The molecule has 0 aliphatic carbocycles. The van der Waals surface area contributed by atoms with Gasteiger partial charge in [-0.05, 0) is 57.0 Å². The maximum absolute atomic E-state index is 12.6. The Balaban J connectivity index is 1.81. The van der Waals surface area contributed by atoms with E-state index in [1.165, 1.54) is 11.1 Å². The first-order chi connectivity index (χ1) is 12.0. The van der Waals surface area contributed by atoms with Crippen molar-refractivity contribution in [2.45, 2.75) is 33.7 Å². The van der Waals surface area contributed by atoms with Crippen LogP contribution in [0.1, 0.15) is 45.8 Å². The van der Waals surface area contributed by atoms with E-state index in [4.69, 9.17) is 0 Å². The molecule has 3 rings (SSSR count). The van der Waals surface area contributed by atoms with Gasteiger partial charge in [0.05, 0.1) is 11.7 Å². The Bertz CT molecular complexity index is 897. The van der Waals surface area contributed by atoms with Crippen molar-refractivity contribution >= 4 is 5.91 Å². The van der Waals surface area contributed by atoms with Crippen LogP contribution in [0.3, 0.4) is 0 Å². The van der Waals surface area contributed by atoms with Gasteiger partial charge in [0.2, 0.25) is 0 Å². The molecule has 1 amide bonds. The molecule has 0 bridgehead atoms. The van der Waals surface area contributed by atoms with E-state index in [-0.39, 0.29) is 11.9 Å². The molecule has 4 heteroatoms. The van der Waals surface area contributed by atoms with Crippen LogP contribution in [0.5, 0.6) is 0 Å². The van der Waals surface area contributed by atoms with Crippen LogP contribution in [-0.2, 0) is 0 Å². The first-order valence-electron chi connectivity index (χ1n) is 8.46. The molecule has 1 atom stereocenters. The van der Waals surface area contributed by atoms with Gasteiger partial charge in [0.1, 0.15) is 0 Å². The van der Waals surface area contributed by atoms with Crippen LogP contribution in [0.4, 0.5) is 0 Å². The van der Waals surface area contributed by atoms with Gasteiger partial charge in [-0.2, -0.15) is 5.10 Å². The zero-order valence-electron chi connectivity index (χ0n) is 15.1. The molecule has 0 fully saturated rings. The summed E-state index contributed by atoms with van der Waals surface area (Å²) in [5.74, 6) is -0.161. The summed E-state index contributed by atoms with van der Waals surface area (Å²) in [6.07, 6.45) is 0. The van der Waals surface area contributed by atoms with E-state index < -0.39 is 0 Å². The van der Waals surface area contributed by atoms with Gasteiger partial charge < -0.3 is 5.32 Å². The molecule has 0 saturated carbocycles. The Hall–Kier alpha value is -2.88. The molecule has 3 aromatic rings. The van der Waals surface area contributed by atoms with Gasteiger partial charge in [0.25, 0.3) is 5.91 Å². The molecular weight excluding hydrogens is 310 g/mol. The number of carbonyl (C=O) groups excluding carboxylic acids is 1. The number of para-hydroxylation sites is 1. The molecule has 0 aliphatic heterocycles. The molecule has 1 aromatic heterocycles. The molecule has 1 heterocycles. The highest BCUT2D eigenvalue weighted by Gasteiger charge is 2.17. The fraction of sp³-hybridized carbons (Fsp3) is 0.238. The predicted octanol–water partition coefficient (Wildman–Crippen LogP) is 4.29. The third-order valence-electron chi connectivity index (χ3n) is 4.37. The predicted molar refractivity (Wildman–Crippen MR) is 100 cm³/mol. The van der Waals surface area contributed by atoms with Crippen molar-refractivity contribution in [3.8, 4) is 5.69 Å². The Labute approximate surface area is 148 Å². The summed E-state index contributed by atoms with van der Waals surface area (Å²) in [6, 6.07) is 17.8. The van der Waals surface area contributed by atoms with E-state index in [1.54, 1.807) is 4.68 Å². The minimum atomic E-state index is -0.161. The second-order valence-electron chi connectivity index (χ2n) is 6.47. The smallest absolute Gasteiger partial charge is 0.272 e. The van der Waals surface area contributed by atoms with Crippen LogP contribution in [-0.4, -0.2) is 15.7 Å². The van der Waals surface area contributed by atoms with Crippen LogP contribution in [0, 0.1) is 20.8 Å². The molecule has 1 N–H and O–H groups in total. The Morgan fingerprint density at radius 2 is 1.76 bits per heavy atom.